The standard InChI is InChI=1S/C15H22BrN3O2/c1-10(2)9-13(17)15(21)18-8-7-14(20)19-12-5-3-11(16)4-6-12/h3-6,10,13H,7-9,17H2,1-2H3,(H,18,21)(H,19,20)/t13-/m0/s1. The molecular weight excluding hydrogens is 334 g/mol. The summed E-state index contributed by atoms with van der Waals surface area (Å²) in [4.78, 5) is 23.4. The van der Waals surface area contributed by atoms with E-state index in [4.69, 9.17) is 5.73 Å². The number of carbonyl (C=O) groups is 2. The Labute approximate surface area is 133 Å². The Morgan fingerprint density at radius 1 is 1.24 bits per heavy atom. The summed E-state index contributed by atoms with van der Waals surface area (Å²) in [7, 11) is 0. The van der Waals surface area contributed by atoms with Gasteiger partial charge >= 0.3 is 0 Å². The average Bonchev–Trinajstić information content (AvgIpc) is 2.40. The normalized spacial score (nSPS) is 12.0. The molecule has 0 aliphatic heterocycles. The fourth-order valence-corrected chi connectivity index (χ4v) is 2.07. The minimum absolute atomic E-state index is 0.143. The van der Waals surface area contributed by atoms with E-state index in [1.807, 2.05) is 26.0 Å². The van der Waals surface area contributed by atoms with Crippen LogP contribution in [-0.4, -0.2) is 24.4 Å². The number of nitrogens with one attached hydrogen (secondary N) is 2. The van der Waals surface area contributed by atoms with Gasteiger partial charge in [0.1, 0.15) is 0 Å². The predicted molar refractivity (Wildman–Crippen MR) is 87.8 cm³/mol. The largest absolute Gasteiger partial charge is 0.354 e. The molecule has 21 heavy (non-hydrogen) atoms. The van der Waals surface area contributed by atoms with Crippen LogP contribution in [0, 0.1) is 5.92 Å². The number of hydrogen-bond acceptors (Lipinski definition) is 3. The molecule has 5 nitrogen and oxygen atoms in total. The summed E-state index contributed by atoms with van der Waals surface area (Å²) in [5, 5.41) is 5.44. The highest BCUT2D eigenvalue weighted by molar-refractivity contribution is 9.10. The Morgan fingerprint density at radius 2 is 1.86 bits per heavy atom. The van der Waals surface area contributed by atoms with Gasteiger partial charge in [-0.3, -0.25) is 9.59 Å². The maximum Gasteiger partial charge on any atom is 0.236 e. The number of amides is 2. The van der Waals surface area contributed by atoms with Crippen molar-refractivity contribution in [3.05, 3.63) is 28.7 Å². The summed E-state index contributed by atoms with van der Waals surface area (Å²) >= 11 is 3.33. The number of hydrogen-bond donors (Lipinski definition) is 3. The Balaban J connectivity index is 2.27. The topological polar surface area (TPSA) is 84.2 Å². The monoisotopic (exact) mass is 355 g/mol. The molecular formula is C15H22BrN3O2. The van der Waals surface area contributed by atoms with Gasteiger partial charge in [-0.15, -0.1) is 0 Å². The molecule has 0 radical (unpaired) electrons. The van der Waals surface area contributed by atoms with E-state index in [2.05, 4.69) is 26.6 Å². The maximum atomic E-state index is 11.7. The quantitative estimate of drug-likeness (QED) is 0.701. The van der Waals surface area contributed by atoms with Gasteiger partial charge in [-0.05, 0) is 36.6 Å². The summed E-state index contributed by atoms with van der Waals surface area (Å²) in [6, 6.07) is 6.79. The van der Waals surface area contributed by atoms with Crippen molar-refractivity contribution in [2.45, 2.75) is 32.7 Å². The van der Waals surface area contributed by atoms with Crippen molar-refractivity contribution in [2.24, 2.45) is 11.7 Å². The highest BCUT2D eigenvalue weighted by Gasteiger charge is 2.14. The molecule has 0 fully saturated rings. The first-order valence-electron chi connectivity index (χ1n) is 6.97. The zero-order chi connectivity index (χ0) is 15.8. The number of rotatable bonds is 7. The van der Waals surface area contributed by atoms with Gasteiger partial charge < -0.3 is 16.4 Å². The lowest BCUT2D eigenvalue weighted by Gasteiger charge is -2.14. The van der Waals surface area contributed by atoms with Gasteiger partial charge in [0, 0.05) is 23.1 Å². The average molecular weight is 356 g/mol. The molecule has 0 saturated carbocycles. The number of benzene rings is 1. The van der Waals surface area contributed by atoms with Crippen LogP contribution < -0.4 is 16.4 Å². The van der Waals surface area contributed by atoms with Crippen molar-refractivity contribution in [3.63, 3.8) is 0 Å². The molecule has 1 atom stereocenters. The fraction of sp³-hybridized carbons (Fsp3) is 0.467. The number of anilines is 1. The molecule has 0 heterocycles. The van der Waals surface area contributed by atoms with Crippen LogP contribution >= 0.6 is 15.9 Å². The van der Waals surface area contributed by atoms with E-state index in [-0.39, 0.29) is 24.8 Å². The molecule has 1 rings (SSSR count). The van der Waals surface area contributed by atoms with E-state index in [0.717, 1.165) is 10.2 Å². The third-order valence-corrected chi connectivity index (χ3v) is 3.37. The van der Waals surface area contributed by atoms with Gasteiger partial charge in [0.25, 0.3) is 0 Å². The molecule has 0 unspecified atom stereocenters. The van der Waals surface area contributed by atoms with Crippen LogP contribution in [0.2, 0.25) is 0 Å². The van der Waals surface area contributed by atoms with E-state index >= 15 is 0 Å². The van der Waals surface area contributed by atoms with Crippen LogP contribution in [-0.2, 0) is 9.59 Å². The smallest absolute Gasteiger partial charge is 0.236 e. The van der Waals surface area contributed by atoms with Crippen molar-refractivity contribution < 1.29 is 9.59 Å². The van der Waals surface area contributed by atoms with Crippen molar-refractivity contribution >= 4 is 33.4 Å². The van der Waals surface area contributed by atoms with Gasteiger partial charge in [0.2, 0.25) is 11.8 Å². The van der Waals surface area contributed by atoms with E-state index in [9.17, 15) is 9.59 Å². The second-order valence-electron chi connectivity index (χ2n) is 5.33. The molecule has 116 valence electrons. The Hall–Kier alpha value is -1.40. The van der Waals surface area contributed by atoms with E-state index in [1.165, 1.54) is 0 Å². The molecule has 0 aliphatic rings. The fourth-order valence-electron chi connectivity index (χ4n) is 1.80. The maximum absolute atomic E-state index is 11.7. The molecule has 2 amide bonds. The second-order valence-corrected chi connectivity index (χ2v) is 6.25. The third kappa shape index (κ3) is 7.24. The number of carbonyl (C=O) groups excluding carboxylic acids is 2. The Bertz CT molecular complexity index is 474. The summed E-state index contributed by atoms with van der Waals surface area (Å²) < 4.78 is 0.951. The van der Waals surface area contributed by atoms with Crippen LogP contribution in [0.5, 0.6) is 0 Å². The van der Waals surface area contributed by atoms with Gasteiger partial charge in [0.05, 0.1) is 6.04 Å². The third-order valence-electron chi connectivity index (χ3n) is 2.84. The molecule has 1 aromatic carbocycles. The molecule has 0 spiro atoms. The Kier molecular flexibility index (Phi) is 7.39. The zero-order valence-electron chi connectivity index (χ0n) is 12.4. The SMILES string of the molecule is CC(C)C[C@H](N)C(=O)NCCC(=O)Nc1ccc(Br)cc1. The lowest BCUT2D eigenvalue weighted by molar-refractivity contribution is -0.122. The van der Waals surface area contributed by atoms with Crippen LogP contribution in [0.3, 0.4) is 0 Å². The molecule has 4 N–H and O–H groups in total. The zero-order valence-corrected chi connectivity index (χ0v) is 13.9. The number of halogens is 1. The molecule has 0 aromatic heterocycles. The van der Waals surface area contributed by atoms with E-state index in [0.29, 0.717) is 12.3 Å². The van der Waals surface area contributed by atoms with Gasteiger partial charge in [-0.2, -0.15) is 0 Å². The Morgan fingerprint density at radius 3 is 2.43 bits per heavy atom. The first kappa shape index (κ1) is 17.7. The minimum Gasteiger partial charge on any atom is -0.354 e. The van der Waals surface area contributed by atoms with Crippen molar-refractivity contribution in [1.29, 1.82) is 0 Å². The molecule has 1 aromatic rings. The second kappa shape index (κ2) is 8.79. The highest BCUT2D eigenvalue weighted by Crippen LogP contribution is 2.14. The first-order chi connectivity index (χ1) is 9.88. The van der Waals surface area contributed by atoms with Gasteiger partial charge in [-0.25, -0.2) is 0 Å². The first-order valence-corrected chi connectivity index (χ1v) is 7.76. The highest BCUT2D eigenvalue weighted by atomic mass is 79.9. The molecule has 6 heteroatoms. The van der Waals surface area contributed by atoms with Crippen LogP contribution in [0.25, 0.3) is 0 Å². The van der Waals surface area contributed by atoms with Crippen LogP contribution in [0.4, 0.5) is 5.69 Å². The van der Waals surface area contributed by atoms with Crippen LogP contribution in [0.15, 0.2) is 28.7 Å². The predicted octanol–water partition coefficient (Wildman–Crippen LogP) is 2.27. The van der Waals surface area contributed by atoms with Crippen molar-refractivity contribution in [2.75, 3.05) is 11.9 Å². The molecule has 0 bridgehead atoms. The lowest BCUT2D eigenvalue weighted by atomic mass is 10.0. The minimum atomic E-state index is -0.514. The van der Waals surface area contributed by atoms with Crippen molar-refractivity contribution in [3.8, 4) is 0 Å². The summed E-state index contributed by atoms with van der Waals surface area (Å²) in [6.45, 7) is 4.31. The summed E-state index contributed by atoms with van der Waals surface area (Å²) in [5.74, 6) is 0.0154. The molecule has 0 saturated heterocycles. The lowest BCUT2D eigenvalue weighted by Crippen LogP contribution is -2.42. The molecule has 0 aliphatic carbocycles. The van der Waals surface area contributed by atoms with E-state index in [1.54, 1.807) is 12.1 Å². The van der Waals surface area contributed by atoms with E-state index < -0.39 is 6.04 Å². The summed E-state index contributed by atoms with van der Waals surface area (Å²) in [6.07, 6.45) is 0.854. The summed E-state index contributed by atoms with van der Waals surface area (Å²) in [5.41, 5.74) is 6.48. The van der Waals surface area contributed by atoms with Crippen molar-refractivity contribution in [1.82, 2.24) is 5.32 Å². The van der Waals surface area contributed by atoms with Crippen LogP contribution in [0.1, 0.15) is 26.7 Å². The van der Waals surface area contributed by atoms with Gasteiger partial charge in [-0.1, -0.05) is 29.8 Å². The number of nitrogens with two attached hydrogens (primary N) is 1. The van der Waals surface area contributed by atoms with Gasteiger partial charge in [0.15, 0.2) is 0 Å².